The summed E-state index contributed by atoms with van der Waals surface area (Å²) in [7, 11) is 0. The van der Waals surface area contributed by atoms with Crippen molar-refractivity contribution in [3.63, 3.8) is 0 Å². The molecule has 1 aromatic heterocycles. The van der Waals surface area contributed by atoms with Crippen LogP contribution in [0.3, 0.4) is 0 Å². The molecule has 0 saturated heterocycles. The Labute approximate surface area is 130 Å². The van der Waals surface area contributed by atoms with Gasteiger partial charge in [-0.2, -0.15) is 0 Å². The van der Waals surface area contributed by atoms with Crippen LogP contribution in [0.15, 0.2) is 42.5 Å². The summed E-state index contributed by atoms with van der Waals surface area (Å²) >= 11 is 7.03. The Morgan fingerprint density at radius 3 is 2.57 bits per heavy atom. The topological polar surface area (TPSA) is 66.4 Å². The zero-order valence-electron chi connectivity index (χ0n) is 10.9. The second-order valence-corrected chi connectivity index (χ2v) is 5.73. The Hall–Kier alpha value is -2.11. The average molecular weight is 322 g/mol. The molecule has 0 atom stereocenters. The zero-order chi connectivity index (χ0) is 15.2. The van der Waals surface area contributed by atoms with Gasteiger partial charge in [-0.15, -0.1) is 11.3 Å². The van der Waals surface area contributed by atoms with E-state index in [0.29, 0.717) is 21.3 Å². The van der Waals surface area contributed by atoms with Gasteiger partial charge in [-0.1, -0.05) is 23.7 Å². The first-order chi connectivity index (χ1) is 10.0. The molecule has 0 radical (unpaired) electrons. The molecule has 6 heteroatoms. The molecule has 1 aromatic carbocycles. The van der Waals surface area contributed by atoms with Crippen LogP contribution in [-0.2, 0) is 11.3 Å². The summed E-state index contributed by atoms with van der Waals surface area (Å²) in [4.78, 5) is 23.6. The van der Waals surface area contributed by atoms with Gasteiger partial charge in [0.25, 0.3) is 5.91 Å². The van der Waals surface area contributed by atoms with E-state index >= 15 is 0 Å². The maximum atomic E-state index is 12.0. The van der Waals surface area contributed by atoms with Crippen LogP contribution in [0.2, 0.25) is 5.02 Å². The van der Waals surface area contributed by atoms with Crippen molar-refractivity contribution in [2.45, 2.75) is 6.54 Å². The van der Waals surface area contributed by atoms with E-state index in [1.54, 1.807) is 24.3 Å². The molecule has 21 heavy (non-hydrogen) atoms. The predicted octanol–water partition coefficient (Wildman–Crippen LogP) is 3.43. The highest BCUT2D eigenvalue weighted by molar-refractivity contribution is 7.14. The molecule has 0 spiro atoms. The van der Waals surface area contributed by atoms with Crippen LogP contribution in [-0.4, -0.2) is 17.0 Å². The number of carboxylic acids is 1. The van der Waals surface area contributed by atoms with E-state index in [9.17, 15) is 9.59 Å². The van der Waals surface area contributed by atoms with Gasteiger partial charge in [0.1, 0.15) is 0 Å². The second-order valence-electron chi connectivity index (χ2n) is 4.18. The highest BCUT2D eigenvalue weighted by Crippen LogP contribution is 2.18. The minimum Gasteiger partial charge on any atom is -0.478 e. The summed E-state index contributed by atoms with van der Waals surface area (Å²) in [6.45, 7) is 0.411. The number of thiophene rings is 1. The Balaban J connectivity index is 1.94. The number of rotatable bonds is 5. The standard InChI is InChI=1S/C15H12ClNO3S/c16-11-3-1-10(2-4-11)9-17-15(20)13-7-5-12(21-13)6-8-14(18)19/h1-8H,9H2,(H,17,20)(H,18,19). The van der Waals surface area contributed by atoms with Crippen molar-refractivity contribution < 1.29 is 14.7 Å². The Morgan fingerprint density at radius 1 is 1.19 bits per heavy atom. The molecule has 108 valence electrons. The van der Waals surface area contributed by atoms with Crippen LogP contribution < -0.4 is 5.32 Å². The molecule has 2 N–H and O–H groups in total. The summed E-state index contributed by atoms with van der Waals surface area (Å²) in [5.41, 5.74) is 0.954. The lowest BCUT2D eigenvalue weighted by atomic mass is 10.2. The van der Waals surface area contributed by atoms with Gasteiger partial charge in [-0.3, -0.25) is 4.79 Å². The molecular weight excluding hydrogens is 310 g/mol. The van der Waals surface area contributed by atoms with Gasteiger partial charge in [-0.05, 0) is 35.9 Å². The quantitative estimate of drug-likeness (QED) is 0.829. The van der Waals surface area contributed by atoms with Gasteiger partial charge in [0.2, 0.25) is 0 Å². The van der Waals surface area contributed by atoms with Crippen LogP contribution in [0.1, 0.15) is 20.1 Å². The van der Waals surface area contributed by atoms with E-state index in [1.807, 2.05) is 12.1 Å². The lowest BCUT2D eigenvalue weighted by Crippen LogP contribution is -2.21. The van der Waals surface area contributed by atoms with Crippen LogP contribution in [0.4, 0.5) is 0 Å². The summed E-state index contributed by atoms with van der Waals surface area (Å²) in [6, 6.07) is 10.6. The molecule has 0 aliphatic carbocycles. The Bertz CT molecular complexity index is 676. The van der Waals surface area contributed by atoms with Gasteiger partial charge in [0, 0.05) is 22.5 Å². The number of hydrogen-bond donors (Lipinski definition) is 2. The smallest absolute Gasteiger partial charge is 0.328 e. The summed E-state index contributed by atoms with van der Waals surface area (Å²) in [6.07, 6.45) is 2.50. The molecule has 0 aliphatic heterocycles. The number of hydrogen-bond acceptors (Lipinski definition) is 3. The number of carboxylic acid groups (broad SMARTS) is 1. The summed E-state index contributed by atoms with van der Waals surface area (Å²) < 4.78 is 0. The molecule has 2 rings (SSSR count). The summed E-state index contributed by atoms with van der Waals surface area (Å²) in [5, 5.41) is 12.0. The molecule has 0 fully saturated rings. The minimum atomic E-state index is -1.02. The first kappa shape index (κ1) is 15.3. The third-order valence-corrected chi connectivity index (χ3v) is 3.91. The van der Waals surface area contributed by atoms with Crippen molar-refractivity contribution in [2.24, 2.45) is 0 Å². The first-order valence-corrected chi connectivity index (χ1v) is 7.27. The van der Waals surface area contributed by atoms with Gasteiger partial charge < -0.3 is 10.4 Å². The second kappa shape index (κ2) is 7.06. The predicted molar refractivity (Wildman–Crippen MR) is 83.6 cm³/mol. The molecule has 0 unspecified atom stereocenters. The normalized spacial score (nSPS) is 10.7. The molecule has 1 amide bonds. The third kappa shape index (κ3) is 4.73. The fourth-order valence-corrected chi connectivity index (χ4v) is 2.54. The largest absolute Gasteiger partial charge is 0.478 e. The fraction of sp³-hybridized carbons (Fsp3) is 0.0667. The van der Waals surface area contributed by atoms with Gasteiger partial charge in [0.05, 0.1) is 4.88 Å². The van der Waals surface area contributed by atoms with Crippen molar-refractivity contribution >= 4 is 40.9 Å². The number of carbonyl (C=O) groups is 2. The van der Waals surface area contributed by atoms with E-state index in [0.717, 1.165) is 11.6 Å². The molecule has 1 heterocycles. The molecular formula is C15H12ClNO3S. The third-order valence-electron chi connectivity index (χ3n) is 2.61. The van der Waals surface area contributed by atoms with Crippen LogP contribution in [0.5, 0.6) is 0 Å². The molecule has 4 nitrogen and oxygen atoms in total. The average Bonchev–Trinajstić information content (AvgIpc) is 2.93. The van der Waals surface area contributed by atoms with Crippen molar-refractivity contribution in [3.8, 4) is 0 Å². The Kier molecular flexibility index (Phi) is 5.14. The van der Waals surface area contributed by atoms with Crippen LogP contribution in [0.25, 0.3) is 6.08 Å². The number of carbonyl (C=O) groups excluding carboxylic acids is 1. The van der Waals surface area contributed by atoms with E-state index in [1.165, 1.54) is 17.4 Å². The molecule has 2 aromatic rings. The summed E-state index contributed by atoms with van der Waals surface area (Å²) in [5.74, 6) is -1.21. The van der Waals surface area contributed by atoms with Crippen LogP contribution >= 0.6 is 22.9 Å². The highest BCUT2D eigenvalue weighted by Gasteiger charge is 2.08. The van der Waals surface area contributed by atoms with Gasteiger partial charge >= 0.3 is 5.97 Å². The molecule has 0 aliphatic rings. The van der Waals surface area contributed by atoms with Gasteiger partial charge in [-0.25, -0.2) is 4.79 Å². The van der Waals surface area contributed by atoms with E-state index in [-0.39, 0.29) is 5.91 Å². The zero-order valence-corrected chi connectivity index (χ0v) is 12.4. The fourth-order valence-electron chi connectivity index (χ4n) is 1.59. The molecule has 0 bridgehead atoms. The van der Waals surface area contributed by atoms with E-state index in [2.05, 4.69) is 5.32 Å². The lowest BCUT2D eigenvalue weighted by molar-refractivity contribution is -0.131. The number of amides is 1. The SMILES string of the molecule is O=C(O)C=Cc1ccc(C(=O)NCc2ccc(Cl)cc2)s1. The van der Waals surface area contributed by atoms with Crippen LogP contribution in [0, 0.1) is 0 Å². The van der Waals surface area contributed by atoms with Crippen molar-refractivity contribution in [1.82, 2.24) is 5.32 Å². The van der Waals surface area contributed by atoms with Crippen molar-refractivity contribution in [2.75, 3.05) is 0 Å². The Morgan fingerprint density at radius 2 is 1.90 bits per heavy atom. The van der Waals surface area contributed by atoms with Gasteiger partial charge in [0.15, 0.2) is 0 Å². The number of benzene rings is 1. The van der Waals surface area contributed by atoms with E-state index in [4.69, 9.17) is 16.7 Å². The lowest BCUT2D eigenvalue weighted by Gasteiger charge is -2.03. The van der Waals surface area contributed by atoms with Crippen molar-refractivity contribution in [1.29, 1.82) is 0 Å². The maximum absolute atomic E-state index is 12.0. The van der Waals surface area contributed by atoms with E-state index < -0.39 is 5.97 Å². The maximum Gasteiger partial charge on any atom is 0.328 e. The first-order valence-electron chi connectivity index (χ1n) is 6.08. The number of halogens is 1. The van der Waals surface area contributed by atoms with Crippen molar-refractivity contribution in [3.05, 3.63) is 62.8 Å². The highest BCUT2D eigenvalue weighted by atomic mass is 35.5. The number of aliphatic carboxylic acids is 1. The number of nitrogens with one attached hydrogen (secondary N) is 1. The monoisotopic (exact) mass is 321 g/mol. The molecule has 0 saturated carbocycles. The minimum absolute atomic E-state index is 0.190.